The summed E-state index contributed by atoms with van der Waals surface area (Å²) >= 11 is 0. The molecule has 0 spiro atoms. The van der Waals surface area contributed by atoms with Gasteiger partial charge in [0.25, 0.3) is 5.91 Å². The van der Waals surface area contributed by atoms with Crippen LogP contribution in [0.1, 0.15) is 16.8 Å². The molecule has 10 nitrogen and oxygen atoms in total. The first-order chi connectivity index (χ1) is 18.0. The highest BCUT2D eigenvalue weighted by Gasteiger charge is 2.32. The maximum absolute atomic E-state index is 13.7. The standard InChI is InChI=1S/C24H21F4N3O7/c25-14-8-15(26)22(28)23(21(14)27)38-12-17(32)16(9-20(35)36)29-18(33)10-30-6-7-31(19(34)11-30)24(37)13-4-2-1-3-5-13/h1-5,8,16H,6-7,9-12H2,(H,29,33)(H,35,36). The normalized spacial score (nSPS) is 14.6. The monoisotopic (exact) mass is 539 g/mol. The minimum atomic E-state index is -1.90. The van der Waals surface area contributed by atoms with Crippen molar-refractivity contribution in [3.63, 3.8) is 0 Å². The van der Waals surface area contributed by atoms with Crippen LogP contribution in [0.2, 0.25) is 0 Å². The third-order valence-electron chi connectivity index (χ3n) is 5.47. The van der Waals surface area contributed by atoms with Crippen LogP contribution in [0.3, 0.4) is 0 Å². The number of ketones is 1. The van der Waals surface area contributed by atoms with Crippen LogP contribution < -0.4 is 10.1 Å². The van der Waals surface area contributed by atoms with Gasteiger partial charge in [-0.1, -0.05) is 18.2 Å². The second-order valence-corrected chi connectivity index (χ2v) is 8.20. The summed E-state index contributed by atoms with van der Waals surface area (Å²) in [5.41, 5.74) is 0.310. The number of amides is 3. The summed E-state index contributed by atoms with van der Waals surface area (Å²) in [4.78, 5) is 63.5. The minimum Gasteiger partial charge on any atom is -0.481 e. The molecule has 1 unspecified atom stereocenters. The molecule has 1 aliphatic rings. The van der Waals surface area contributed by atoms with E-state index in [-0.39, 0.29) is 25.7 Å². The van der Waals surface area contributed by atoms with Gasteiger partial charge in [-0.2, -0.15) is 8.78 Å². The number of hydrogen-bond donors (Lipinski definition) is 2. The molecule has 1 fully saturated rings. The molecule has 0 saturated carbocycles. The molecular formula is C24H21F4N3O7. The van der Waals surface area contributed by atoms with E-state index in [1.807, 2.05) is 0 Å². The molecule has 202 valence electrons. The number of aliphatic carboxylic acids is 1. The van der Waals surface area contributed by atoms with Crippen LogP contribution in [-0.2, 0) is 19.2 Å². The Morgan fingerprint density at radius 2 is 1.63 bits per heavy atom. The first kappa shape index (κ1) is 28.2. The van der Waals surface area contributed by atoms with Gasteiger partial charge in [0.15, 0.2) is 23.2 Å². The van der Waals surface area contributed by atoms with Gasteiger partial charge in [-0.15, -0.1) is 0 Å². The Morgan fingerprint density at radius 1 is 1.00 bits per heavy atom. The van der Waals surface area contributed by atoms with Crippen molar-refractivity contribution in [1.82, 2.24) is 15.1 Å². The average Bonchev–Trinajstić information content (AvgIpc) is 2.87. The molecule has 2 aromatic rings. The van der Waals surface area contributed by atoms with Gasteiger partial charge in [0, 0.05) is 24.7 Å². The number of Topliss-reactive ketones (excluding diaryl/α,β-unsaturated/α-hetero) is 1. The highest BCUT2D eigenvalue weighted by atomic mass is 19.2. The zero-order chi connectivity index (χ0) is 28.0. The number of hydrogen-bond acceptors (Lipinski definition) is 7. The topological polar surface area (TPSA) is 133 Å². The molecule has 3 amide bonds. The Hall–Kier alpha value is -4.33. The van der Waals surface area contributed by atoms with E-state index in [2.05, 4.69) is 10.1 Å². The lowest BCUT2D eigenvalue weighted by molar-refractivity contribution is -0.140. The van der Waals surface area contributed by atoms with Gasteiger partial charge in [-0.25, -0.2) is 8.78 Å². The van der Waals surface area contributed by atoms with Crippen LogP contribution >= 0.6 is 0 Å². The van der Waals surface area contributed by atoms with Crippen molar-refractivity contribution in [2.75, 3.05) is 32.8 Å². The van der Waals surface area contributed by atoms with Gasteiger partial charge in [0.2, 0.25) is 23.4 Å². The first-order valence-corrected chi connectivity index (χ1v) is 11.1. The van der Waals surface area contributed by atoms with E-state index < -0.39 is 84.1 Å². The Bertz CT molecular complexity index is 1230. The summed E-state index contributed by atoms with van der Waals surface area (Å²) in [6.07, 6.45) is -0.936. The van der Waals surface area contributed by atoms with Crippen molar-refractivity contribution in [3.05, 3.63) is 65.2 Å². The largest absolute Gasteiger partial charge is 0.481 e. The quantitative estimate of drug-likeness (QED) is 0.261. The molecule has 3 rings (SSSR count). The Balaban J connectivity index is 1.58. The average molecular weight is 539 g/mol. The number of carbonyl (C=O) groups excluding carboxylic acids is 4. The van der Waals surface area contributed by atoms with Crippen molar-refractivity contribution in [2.45, 2.75) is 12.5 Å². The van der Waals surface area contributed by atoms with Crippen molar-refractivity contribution in [2.24, 2.45) is 0 Å². The van der Waals surface area contributed by atoms with Crippen molar-refractivity contribution in [3.8, 4) is 5.75 Å². The van der Waals surface area contributed by atoms with E-state index in [1.54, 1.807) is 30.3 Å². The molecule has 1 saturated heterocycles. The molecule has 1 heterocycles. The van der Waals surface area contributed by atoms with E-state index in [1.165, 1.54) is 4.90 Å². The second-order valence-electron chi connectivity index (χ2n) is 8.20. The number of rotatable bonds is 10. The highest BCUT2D eigenvalue weighted by molar-refractivity contribution is 6.05. The van der Waals surface area contributed by atoms with Crippen LogP contribution in [0.4, 0.5) is 17.6 Å². The number of ether oxygens (including phenoxy) is 1. The zero-order valence-corrected chi connectivity index (χ0v) is 19.6. The number of benzene rings is 2. The molecule has 0 bridgehead atoms. The van der Waals surface area contributed by atoms with Crippen LogP contribution in [0.15, 0.2) is 36.4 Å². The SMILES string of the molecule is O=C(O)CC(NC(=O)CN1CCN(C(=O)c2ccccc2)C(=O)C1)C(=O)COc1c(F)c(F)cc(F)c1F. The number of carboxylic acid groups (broad SMARTS) is 1. The van der Waals surface area contributed by atoms with Crippen molar-refractivity contribution in [1.29, 1.82) is 0 Å². The highest BCUT2D eigenvalue weighted by Crippen LogP contribution is 2.26. The molecule has 1 aliphatic heterocycles. The van der Waals surface area contributed by atoms with Gasteiger partial charge < -0.3 is 15.2 Å². The molecule has 14 heteroatoms. The molecule has 2 N–H and O–H groups in total. The minimum absolute atomic E-state index is 0.0213. The fraction of sp³-hybridized carbons (Fsp3) is 0.292. The predicted molar refractivity (Wildman–Crippen MR) is 120 cm³/mol. The smallest absolute Gasteiger partial charge is 0.305 e. The maximum atomic E-state index is 13.7. The molecule has 0 aromatic heterocycles. The summed E-state index contributed by atoms with van der Waals surface area (Å²) in [5.74, 6) is -13.5. The molecule has 0 radical (unpaired) electrons. The number of carbonyl (C=O) groups is 5. The zero-order valence-electron chi connectivity index (χ0n) is 19.6. The third-order valence-corrected chi connectivity index (χ3v) is 5.47. The Labute approximate surface area is 212 Å². The lowest BCUT2D eigenvalue weighted by Gasteiger charge is -2.32. The molecule has 38 heavy (non-hydrogen) atoms. The lowest BCUT2D eigenvalue weighted by atomic mass is 10.1. The number of nitrogens with zero attached hydrogens (tertiary/aromatic N) is 2. The van der Waals surface area contributed by atoms with Crippen LogP contribution in [0, 0.1) is 23.3 Å². The fourth-order valence-electron chi connectivity index (χ4n) is 3.59. The second kappa shape index (κ2) is 12.3. The third kappa shape index (κ3) is 6.91. The number of carboxylic acids is 1. The number of nitrogens with one attached hydrogen (secondary N) is 1. The Morgan fingerprint density at radius 3 is 2.21 bits per heavy atom. The lowest BCUT2D eigenvalue weighted by Crippen LogP contribution is -2.55. The van der Waals surface area contributed by atoms with Gasteiger partial charge in [0.1, 0.15) is 12.6 Å². The maximum Gasteiger partial charge on any atom is 0.305 e. The summed E-state index contributed by atoms with van der Waals surface area (Å²) < 4.78 is 58.7. The number of piperazine rings is 1. The van der Waals surface area contributed by atoms with Crippen LogP contribution in [0.25, 0.3) is 0 Å². The summed E-state index contributed by atoms with van der Waals surface area (Å²) in [5, 5.41) is 11.2. The first-order valence-electron chi connectivity index (χ1n) is 11.1. The van der Waals surface area contributed by atoms with Crippen LogP contribution in [-0.4, -0.2) is 83.2 Å². The van der Waals surface area contributed by atoms with E-state index in [4.69, 9.17) is 5.11 Å². The van der Waals surface area contributed by atoms with Crippen molar-refractivity contribution >= 4 is 29.5 Å². The molecule has 1 atom stereocenters. The Kier molecular flexibility index (Phi) is 9.12. The number of halogens is 4. The summed E-state index contributed by atoms with van der Waals surface area (Å²) in [7, 11) is 0. The number of imide groups is 1. The van der Waals surface area contributed by atoms with Gasteiger partial charge in [0.05, 0.1) is 19.5 Å². The van der Waals surface area contributed by atoms with Crippen LogP contribution in [0.5, 0.6) is 5.75 Å². The molecule has 2 aromatic carbocycles. The van der Waals surface area contributed by atoms with E-state index in [9.17, 15) is 41.5 Å². The van der Waals surface area contributed by atoms with E-state index >= 15 is 0 Å². The van der Waals surface area contributed by atoms with E-state index in [0.29, 0.717) is 5.56 Å². The van der Waals surface area contributed by atoms with Crippen molar-refractivity contribution < 1.29 is 51.4 Å². The summed E-state index contributed by atoms with van der Waals surface area (Å²) in [6.45, 7) is -1.87. The van der Waals surface area contributed by atoms with E-state index in [0.717, 1.165) is 4.90 Å². The predicted octanol–water partition coefficient (Wildman–Crippen LogP) is 1.14. The molecule has 0 aliphatic carbocycles. The van der Waals surface area contributed by atoms with Gasteiger partial charge >= 0.3 is 5.97 Å². The summed E-state index contributed by atoms with van der Waals surface area (Å²) in [6, 6.07) is 6.30. The van der Waals surface area contributed by atoms with Gasteiger partial charge in [-0.05, 0) is 12.1 Å². The fourth-order valence-corrected chi connectivity index (χ4v) is 3.59. The van der Waals surface area contributed by atoms with Gasteiger partial charge in [-0.3, -0.25) is 33.8 Å². The molecular weight excluding hydrogens is 518 g/mol.